The van der Waals surface area contributed by atoms with Gasteiger partial charge in [-0.15, -0.1) is 11.3 Å². The summed E-state index contributed by atoms with van der Waals surface area (Å²) in [5.41, 5.74) is 0.991. The van der Waals surface area contributed by atoms with Crippen LogP contribution in [0.5, 0.6) is 0 Å². The lowest BCUT2D eigenvalue weighted by Crippen LogP contribution is -1.99. The van der Waals surface area contributed by atoms with Crippen LogP contribution >= 0.6 is 11.3 Å². The molecule has 1 N–H and O–H groups in total. The van der Waals surface area contributed by atoms with Crippen molar-refractivity contribution in [3.63, 3.8) is 0 Å². The Morgan fingerprint density at radius 3 is 3.00 bits per heavy atom. The molecule has 0 bridgehead atoms. The maximum Gasteiger partial charge on any atom is 0.321 e. The molecule has 86 valence electrons. The fourth-order valence-corrected chi connectivity index (χ4v) is 1.89. The lowest BCUT2D eigenvalue weighted by atomic mass is 10.3. The van der Waals surface area contributed by atoms with Crippen LogP contribution in [-0.4, -0.2) is 21.7 Å². The Balaban J connectivity index is 1.97. The van der Waals surface area contributed by atoms with E-state index < -0.39 is 0 Å². The number of aryl methyl sites for hydroxylation is 1. The molecule has 0 saturated carbocycles. The van der Waals surface area contributed by atoms with Gasteiger partial charge in [-0.25, -0.2) is 4.98 Å². The largest absolute Gasteiger partial charge is 0.338 e. The third-order valence-corrected chi connectivity index (χ3v) is 2.82. The monoisotopic (exact) mass is 238 g/mol. The first kappa shape index (κ1) is 11.1. The molecule has 2 aromatic heterocycles. The number of nitrogens with one attached hydrogen (secondary N) is 1. The topological polar surface area (TPSA) is 63.8 Å². The van der Waals surface area contributed by atoms with Crippen molar-refractivity contribution in [3.8, 4) is 0 Å². The maximum absolute atomic E-state index is 5.05. The first-order chi connectivity index (χ1) is 7.78. The van der Waals surface area contributed by atoms with Crippen LogP contribution in [0.1, 0.15) is 29.9 Å². The van der Waals surface area contributed by atoms with Crippen LogP contribution < -0.4 is 5.32 Å². The van der Waals surface area contributed by atoms with E-state index in [1.807, 2.05) is 12.3 Å². The molecule has 16 heavy (non-hydrogen) atoms. The van der Waals surface area contributed by atoms with Crippen molar-refractivity contribution in [2.75, 3.05) is 11.9 Å². The Hall–Kier alpha value is -1.43. The number of hydrogen-bond donors (Lipinski definition) is 1. The second kappa shape index (κ2) is 5.07. The smallest absolute Gasteiger partial charge is 0.321 e. The molecule has 0 saturated heterocycles. The molecule has 0 aliphatic carbocycles. The molecule has 0 spiro atoms. The van der Waals surface area contributed by atoms with E-state index in [-0.39, 0.29) is 0 Å². The quantitative estimate of drug-likeness (QED) is 0.865. The summed E-state index contributed by atoms with van der Waals surface area (Å²) in [5, 5.41) is 10.0. The van der Waals surface area contributed by atoms with Gasteiger partial charge in [-0.2, -0.15) is 4.98 Å². The van der Waals surface area contributed by atoms with Gasteiger partial charge in [-0.1, -0.05) is 12.1 Å². The third-order valence-electron chi connectivity index (χ3n) is 2.00. The van der Waals surface area contributed by atoms with E-state index in [1.54, 1.807) is 11.3 Å². The van der Waals surface area contributed by atoms with Gasteiger partial charge in [0.2, 0.25) is 0 Å². The Bertz CT molecular complexity index is 451. The molecule has 0 aliphatic heterocycles. The SMILES string of the molecule is CCCNc1nc(Cc2csc(C)n2)no1. The van der Waals surface area contributed by atoms with Gasteiger partial charge in [-0.3, -0.25) is 0 Å². The van der Waals surface area contributed by atoms with Gasteiger partial charge in [0.1, 0.15) is 0 Å². The van der Waals surface area contributed by atoms with Crippen molar-refractivity contribution in [2.45, 2.75) is 26.7 Å². The standard InChI is InChI=1S/C10H14N4OS/c1-3-4-11-10-13-9(14-15-10)5-8-6-16-7(2)12-8/h6H,3-5H2,1-2H3,(H,11,13,14). The summed E-state index contributed by atoms with van der Waals surface area (Å²) in [7, 11) is 0. The number of hydrogen-bond acceptors (Lipinski definition) is 6. The van der Waals surface area contributed by atoms with Gasteiger partial charge in [0, 0.05) is 11.9 Å². The fourth-order valence-electron chi connectivity index (χ4n) is 1.28. The molecule has 5 nitrogen and oxygen atoms in total. The number of anilines is 1. The predicted octanol–water partition coefficient (Wildman–Crippen LogP) is 2.25. The maximum atomic E-state index is 5.05. The normalized spacial score (nSPS) is 10.6. The molecule has 0 aromatic carbocycles. The molecular formula is C10H14N4OS. The zero-order valence-electron chi connectivity index (χ0n) is 9.36. The molecule has 2 rings (SSSR count). The van der Waals surface area contributed by atoms with Gasteiger partial charge in [-0.05, 0) is 13.3 Å². The highest BCUT2D eigenvalue weighted by atomic mass is 32.1. The average Bonchev–Trinajstić information content (AvgIpc) is 2.86. The van der Waals surface area contributed by atoms with Gasteiger partial charge >= 0.3 is 6.01 Å². The van der Waals surface area contributed by atoms with Crippen molar-refractivity contribution in [3.05, 3.63) is 21.9 Å². The van der Waals surface area contributed by atoms with E-state index in [4.69, 9.17) is 4.52 Å². The minimum absolute atomic E-state index is 0.490. The molecule has 0 atom stereocenters. The van der Waals surface area contributed by atoms with Crippen molar-refractivity contribution in [1.82, 2.24) is 15.1 Å². The number of nitrogens with zero attached hydrogens (tertiary/aromatic N) is 3. The second-order valence-corrected chi connectivity index (χ2v) is 4.54. The molecular weight excluding hydrogens is 224 g/mol. The molecule has 0 aliphatic rings. The lowest BCUT2D eigenvalue weighted by molar-refractivity contribution is 0.423. The Kier molecular flexibility index (Phi) is 3.51. The molecule has 2 aromatic rings. The van der Waals surface area contributed by atoms with Crippen molar-refractivity contribution in [2.24, 2.45) is 0 Å². The second-order valence-electron chi connectivity index (χ2n) is 3.48. The summed E-state index contributed by atoms with van der Waals surface area (Å²) < 4.78 is 5.05. The van der Waals surface area contributed by atoms with Crippen LogP contribution in [0.4, 0.5) is 6.01 Å². The predicted molar refractivity (Wildman–Crippen MR) is 62.7 cm³/mol. The Morgan fingerprint density at radius 1 is 1.44 bits per heavy atom. The zero-order valence-corrected chi connectivity index (χ0v) is 10.2. The summed E-state index contributed by atoms with van der Waals surface area (Å²) in [5.74, 6) is 0.670. The van der Waals surface area contributed by atoms with Crippen molar-refractivity contribution >= 4 is 17.4 Å². The van der Waals surface area contributed by atoms with E-state index in [1.165, 1.54) is 0 Å². The molecule has 6 heteroatoms. The summed E-state index contributed by atoms with van der Waals surface area (Å²) >= 11 is 1.63. The zero-order chi connectivity index (χ0) is 11.4. The van der Waals surface area contributed by atoms with E-state index in [0.29, 0.717) is 18.3 Å². The molecule has 2 heterocycles. The summed E-state index contributed by atoms with van der Waals surface area (Å²) in [4.78, 5) is 8.58. The minimum atomic E-state index is 0.490. The summed E-state index contributed by atoms with van der Waals surface area (Å²) in [6, 6.07) is 0.490. The first-order valence-electron chi connectivity index (χ1n) is 5.25. The molecule has 0 unspecified atom stereocenters. The minimum Gasteiger partial charge on any atom is -0.338 e. The van der Waals surface area contributed by atoms with E-state index in [2.05, 4.69) is 27.4 Å². The van der Waals surface area contributed by atoms with Crippen LogP contribution in [-0.2, 0) is 6.42 Å². The molecule has 0 amide bonds. The highest BCUT2D eigenvalue weighted by Crippen LogP contribution is 2.12. The van der Waals surface area contributed by atoms with Crippen LogP contribution in [0.2, 0.25) is 0 Å². The van der Waals surface area contributed by atoms with Crippen molar-refractivity contribution in [1.29, 1.82) is 0 Å². The van der Waals surface area contributed by atoms with Crippen molar-refractivity contribution < 1.29 is 4.52 Å². The molecule has 0 fully saturated rings. The van der Waals surface area contributed by atoms with Crippen LogP contribution in [0.3, 0.4) is 0 Å². The van der Waals surface area contributed by atoms with Gasteiger partial charge in [0.05, 0.1) is 17.1 Å². The van der Waals surface area contributed by atoms with Crippen LogP contribution in [0.25, 0.3) is 0 Å². The van der Waals surface area contributed by atoms with Crippen LogP contribution in [0.15, 0.2) is 9.90 Å². The molecule has 0 radical (unpaired) electrons. The van der Waals surface area contributed by atoms with Gasteiger partial charge < -0.3 is 9.84 Å². The summed E-state index contributed by atoms with van der Waals surface area (Å²) in [6.07, 6.45) is 1.66. The van der Waals surface area contributed by atoms with E-state index in [9.17, 15) is 0 Å². The fraction of sp³-hybridized carbons (Fsp3) is 0.500. The highest BCUT2D eigenvalue weighted by molar-refractivity contribution is 7.09. The number of rotatable bonds is 5. The van der Waals surface area contributed by atoms with Gasteiger partial charge in [0.25, 0.3) is 0 Å². The number of aromatic nitrogens is 3. The Morgan fingerprint density at radius 2 is 2.31 bits per heavy atom. The highest BCUT2D eigenvalue weighted by Gasteiger charge is 2.07. The number of thiazole rings is 1. The van der Waals surface area contributed by atoms with Crippen LogP contribution in [0, 0.1) is 6.92 Å². The average molecular weight is 238 g/mol. The first-order valence-corrected chi connectivity index (χ1v) is 6.13. The van der Waals surface area contributed by atoms with E-state index >= 15 is 0 Å². The van der Waals surface area contributed by atoms with Gasteiger partial charge in [0.15, 0.2) is 5.82 Å². The third kappa shape index (κ3) is 2.79. The lowest BCUT2D eigenvalue weighted by Gasteiger charge is -1.93. The Labute approximate surface area is 97.9 Å². The summed E-state index contributed by atoms with van der Waals surface area (Å²) in [6.45, 7) is 4.92. The van der Waals surface area contributed by atoms with E-state index in [0.717, 1.165) is 23.7 Å².